The summed E-state index contributed by atoms with van der Waals surface area (Å²) in [5.41, 5.74) is 2.37. The van der Waals surface area contributed by atoms with Crippen LogP contribution in [-0.2, 0) is 0 Å². The second-order valence-electron chi connectivity index (χ2n) is 3.30. The van der Waals surface area contributed by atoms with E-state index in [1.807, 2.05) is 30.3 Å². The Morgan fingerprint density at radius 1 is 1.25 bits per heavy atom. The zero-order chi connectivity index (χ0) is 11.4. The van der Waals surface area contributed by atoms with Crippen LogP contribution in [0, 0.1) is 0 Å². The summed E-state index contributed by atoms with van der Waals surface area (Å²) in [7, 11) is 1.53. The van der Waals surface area contributed by atoms with Gasteiger partial charge in [0.15, 0.2) is 6.29 Å². The third-order valence-corrected chi connectivity index (χ3v) is 2.33. The molecule has 2 rings (SSSR count). The molecule has 16 heavy (non-hydrogen) atoms. The van der Waals surface area contributed by atoms with Gasteiger partial charge in [-0.3, -0.25) is 4.79 Å². The van der Waals surface area contributed by atoms with E-state index in [1.54, 1.807) is 12.3 Å². The first-order valence-electron chi connectivity index (χ1n) is 4.90. The normalized spacial score (nSPS) is 9.81. The fourth-order valence-electron chi connectivity index (χ4n) is 1.52. The molecule has 0 saturated heterocycles. The molecule has 1 heterocycles. The number of aromatic nitrogens is 1. The SMILES string of the molecule is COc1cc(C=O)c(-c2ccccc2)cn1. The average molecular weight is 213 g/mol. The van der Waals surface area contributed by atoms with E-state index in [9.17, 15) is 4.79 Å². The molecule has 1 aromatic carbocycles. The van der Waals surface area contributed by atoms with Crippen molar-refractivity contribution in [1.29, 1.82) is 0 Å². The number of nitrogens with zero attached hydrogens (tertiary/aromatic N) is 1. The Kier molecular flexibility index (Phi) is 2.96. The summed E-state index contributed by atoms with van der Waals surface area (Å²) in [4.78, 5) is 15.1. The van der Waals surface area contributed by atoms with Gasteiger partial charge in [0.1, 0.15) is 0 Å². The molecule has 0 aliphatic rings. The summed E-state index contributed by atoms with van der Waals surface area (Å²) < 4.78 is 4.98. The molecular weight excluding hydrogens is 202 g/mol. The molecule has 80 valence electrons. The van der Waals surface area contributed by atoms with Crippen molar-refractivity contribution < 1.29 is 9.53 Å². The number of carbonyl (C=O) groups excluding carboxylic acids is 1. The van der Waals surface area contributed by atoms with E-state index < -0.39 is 0 Å². The summed E-state index contributed by atoms with van der Waals surface area (Å²) in [6.45, 7) is 0. The molecular formula is C13H11NO2. The number of aldehydes is 1. The van der Waals surface area contributed by atoms with Crippen LogP contribution in [-0.4, -0.2) is 18.4 Å². The molecule has 0 unspecified atom stereocenters. The molecule has 3 nitrogen and oxygen atoms in total. The Morgan fingerprint density at radius 3 is 2.62 bits per heavy atom. The van der Waals surface area contributed by atoms with Gasteiger partial charge in [0.25, 0.3) is 0 Å². The minimum atomic E-state index is 0.446. The van der Waals surface area contributed by atoms with Gasteiger partial charge in [0.2, 0.25) is 5.88 Å². The molecule has 0 fully saturated rings. The summed E-state index contributed by atoms with van der Waals surface area (Å²) in [6, 6.07) is 11.3. The van der Waals surface area contributed by atoms with Gasteiger partial charge in [-0.2, -0.15) is 0 Å². The lowest BCUT2D eigenvalue weighted by Crippen LogP contribution is -1.93. The van der Waals surface area contributed by atoms with Gasteiger partial charge in [0.05, 0.1) is 7.11 Å². The second kappa shape index (κ2) is 4.57. The third-order valence-electron chi connectivity index (χ3n) is 2.33. The van der Waals surface area contributed by atoms with Gasteiger partial charge in [0, 0.05) is 23.4 Å². The van der Waals surface area contributed by atoms with Gasteiger partial charge in [-0.1, -0.05) is 30.3 Å². The molecule has 0 N–H and O–H groups in total. The zero-order valence-electron chi connectivity index (χ0n) is 8.88. The van der Waals surface area contributed by atoms with Crippen LogP contribution >= 0.6 is 0 Å². The Labute approximate surface area is 93.7 Å². The molecule has 0 aliphatic heterocycles. The number of benzene rings is 1. The predicted octanol–water partition coefficient (Wildman–Crippen LogP) is 2.57. The summed E-state index contributed by atoms with van der Waals surface area (Å²) in [6.07, 6.45) is 2.46. The van der Waals surface area contributed by atoms with Gasteiger partial charge in [-0.25, -0.2) is 4.98 Å². The van der Waals surface area contributed by atoms with Crippen LogP contribution in [0.2, 0.25) is 0 Å². The smallest absolute Gasteiger partial charge is 0.213 e. The van der Waals surface area contributed by atoms with Crippen molar-refractivity contribution in [3.63, 3.8) is 0 Å². The molecule has 0 bridgehead atoms. The Bertz CT molecular complexity index is 495. The highest BCUT2D eigenvalue weighted by atomic mass is 16.5. The van der Waals surface area contributed by atoms with E-state index in [2.05, 4.69) is 4.98 Å². The van der Waals surface area contributed by atoms with Gasteiger partial charge >= 0.3 is 0 Å². The maximum absolute atomic E-state index is 11.0. The van der Waals surface area contributed by atoms with Crippen molar-refractivity contribution in [1.82, 2.24) is 4.98 Å². The van der Waals surface area contributed by atoms with Gasteiger partial charge < -0.3 is 4.74 Å². The van der Waals surface area contributed by atoms with E-state index in [0.29, 0.717) is 11.4 Å². The lowest BCUT2D eigenvalue weighted by molar-refractivity contribution is 0.112. The van der Waals surface area contributed by atoms with E-state index in [-0.39, 0.29) is 0 Å². The molecule has 2 aromatic rings. The highest BCUT2D eigenvalue weighted by Crippen LogP contribution is 2.23. The quantitative estimate of drug-likeness (QED) is 0.735. The molecule has 0 aliphatic carbocycles. The van der Waals surface area contributed by atoms with Crippen LogP contribution in [0.4, 0.5) is 0 Å². The number of rotatable bonds is 3. The van der Waals surface area contributed by atoms with Crippen LogP contribution in [0.15, 0.2) is 42.6 Å². The van der Waals surface area contributed by atoms with E-state index >= 15 is 0 Å². The Hall–Kier alpha value is -2.16. The summed E-state index contributed by atoms with van der Waals surface area (Å²) in [5, 5.41) is 0. The van der Waals surface area contributed by atoms with E-state index in [0.717, 1.165) is 17.4 Å². The van der Waals surface area contributed by atoms with Crippen molar-refractivity contribution in [3.8, 4) is 17.0 Å². The van der Waals surface area contributed by atoms with Gasteiger partial charge in [-0.15, -0.1) is 0 Å². The van der Waals surface area contributed by atoms with E-state index in [4.69, 9.17) is 4.74 Å². The fourth-order valence-corrected chi connectivity index (χ4v) is 1.52. The highest BCUT2D eigenvalue weighted by Gasteiger charge is 2.06. The first-order chi connectivity index (χ1) is 7.85. The lowest BCUT2D eigenvalue weighted by Gasteiger charge is -2.06. The molecule has 3 heteroatoms. The number of hydrogen-bond donors (Lipinski definition) is 0. The lowest BCUT2D eigenvalue weighted by atomic mass is 10.0. The number of carbonyl (C=O) groups is 1. The number of pyridine rings is 1. The van der Waals surface area contributed by atoms with Crippen molar-refractivity contribution in [3.05, 3.63) is 48.2 Å². The minimum absolute atomic E-state index is 0.446. The van der Waals surface area contributed by atoms with Crippen molar-refractivity contribution in [2.24, 2.45) is 0 Å². The van der Waals surface area contributed by atoms with Crippen molar-refractivity contribution >= 4 is 6.29 Å². The van der Waals surface area contributed by atoms with Crippen molar-refractivity contribution in [2.75, 3.05) is 7.11 Å². The molecule has 0 radical (unpaired) electrons. The summed E-state index contributed by atoms with van der Waals surface area (Å²) in [5.74, 6) is 0.446. The van der Waals surface area contributed by atoms with Crippen LogP contribution in [0.25, 0.3) is 11.1 Å². The zero-order valence-corrected chi connectivity index (χ0v) is 8.88. The first-order valence-corrected chi connectivity index (χ1v) is 4.90. The maximum atomic E-state index is 11.0. The van der Waals surface area contributed by atoms with Crippen LogP contribution in [0.3, 0.4) is 0 Å². The second-order valence-corrected chi connectivity index (χ2v) is 3.30. The fraction of sp³-hybridized carbons (Fsp3) is 0.0769. The molecule has 0 saturated carbocycles. The molecule has 0 amide bonds. The van der Waals surface area contributed by atoms with E-state index in [1.165, 1.54) is 7.11 Å². The number of ether oxygens (including phenoxy) is 1. The van der Waals surface area contributed by atoms with Crippen LogP contribution in [0.1, 0.15) is 10.4 Å². The Morgan fingerprint density at radius 2 is 2.00 bits per heavy atom. The Balaban J connectivity index is 2.53. The molecule has 0 spiro atoms. The number of hydrogen-bond acceptors (Lipinski definition) is 3. The average Bonchev–Trinajstić information content (AvgIpc) is 2.39. The monoisotopic (exact) mass is 213 g/mol. The summed E-state index contributed by atoms with van der Waals surface area (Å²) >= 11 is 0. The highest BCUT2D eigenvalue weighted by molar-refractivity contribution is 5.87. The maximum Gasteiger partial charge on any atom is 0.213 e. The van der Waals surface area contributed by atoms with Gasteiger partial charge in [-0.05, 0) is 5.56 Å². The molecule has 0 atom stereocenters. The number of methoxy groups -OCH3 is 1. The minimum Gasteiger partial charge on any atom is -0.481 e. The largest absolute Gasteiger partial charge is 0.481 e. The van der Waals surface area contributed by atoms with Crippen LogP contribution in [0.5, 0.6) is 5.88 Å². The standard InChI is InChI=1S/C13H11NO2/c1-16-13-7-11(9-15)12(8-14-13)10-5-3-2-4-6-10/h2-9H,1H3. The first kappa shape index (κ1) is 10.4. The predicted molar refractivity (Wildman–Crippen MR) is 61.6 cm³/mol. The molecule has 1 aromatic heterocycles. The topological polar surface area (TPSA) is 39.2 Å². The van der Waals surface area contributed by atoms with Crippen LogP contribution < -0.4 is 4.74 Å². The third kappa shape index (κ3) is 1.93. The van der Waals surface area contributed by atoms with Crippen molar-refractivity contribution in [2.45, 2.75) is 0 Å².